The number of anilines is 1. The monoisotopic (exact) mass is 253 g/mol. The number of aromatic nitrogens is 1. The van der Waals surface area contributed by atoms with Gasteiger partial charge in [0.05, 0.1) is 11.1 Å². The molecule has 0 aromatic carbocycles. The first kappa shape index (κ1) is 10.8. The Morgan fingerprint density at radius 2 is 2.38 bits per heavy atom. The molecule has 0 fully saturated rings. The maximum atomic E-state index is 10.8. The van der Waals surface area contributed by atoms with Crippen LogP contribution in [0.25, 0.3) is 5.70 Å². The number of nitro groups is 1. The molecule has 2 aromatic rings. The van der Waals surface area contributed by atoms with Crippen molar-refractivity contribution < 1.29 is 4.92 Å². The number of hydrogen-bond acceptors (Lipinski definition) is 6. The molecule has 0 unspecified atom stereocenters. The van der Waals surface area contributed by atoms with Crippen LogP contribution in [0, 0.1) is 10.1 Å². The lowest BCUT2D eigenvalue weighted by Crippen LogP contribution is -1.99. The van der Waals surface area contributed by atoms with Crippen LogP contribution in [0.3, 0.4) is 0 Å². The van der Waals surface area contributed by atoms with Crippen molar-refractivity contribution in [3.05, 3.63) is 50.3 Å². The van der Waals surface area contributed by atoms with Crippen molar-refractivity contribution in [2.24, 2.45) is 0 Å². The predicted molar refractivity (Wildman–Crippen MR) is 65.0 cm³/mol. The second-order valence-electron chi connectivity index (χ2n) is 2.75. The average molecular weight is 253 g/mol. The average Bonchev–Trinajstić information content (AvgIpc) is 2.88. The zero-order valence-corrected chi connectivity index (χ0v) is 9.62. The Labute approximate surface area is 99.2 Å². The smallest absolute Gasteiger partial charge is 0.302 e. The second-order valence-corrected chi connectivity index (χ2v) is 4.59. The van der Waals surface area contributed by atoms with Gasteiger partial charge in [0, 0.05) is 11.6 Å². The van der Waals surface area contributed by atoms with E-state index in [0.29, 0.717) is 10.0 Å². The second kappa shape index (κ2) is 4.86. The molecule has 0 bridgehead atoms. The molecule has 2 aromatic heterocycles. The van der Waals surface area contributed by atoms with E-state index in [2.05, 4.69) is 10.3 Å². The summed E-state index contributed by atoms with van der Waals surface area (Å²) in [6, 6.07) is 3.49. The lowest BCUT2D eigenvalue weighted by Gasteiger charge is -1.96. The van der Waals surface area contributed by atoms with Gasteiger partial charge in [-0.3, -0.25) is 10.1 Å². The van der Waals surface area contributed by atoms with Gasteiger partial charge in [-0.15, -0.1) is 22.7 Å². The van der Waals surface area contributed by atoms with Crippen LogP contribution in [-0.2, 0) is 0 Å². The Balaban J connectivity index is 2.20. The van der Waals surface area contributed by atoms with E-state index in [4.69, 9.17) is 0 Å². The van der Waals surface area contributed by atoms with Crippen molar-refractivity contribution in [2.75, 3.05) is 5.32 Å². The topological polar surface area (TPSA) is 68.1 Å². The summed E-state index contributed by atoms with van der Waals surface area (Å²) in [6.07, 6.45) is 3.00. The van der Waals surface area contributed by atoms with Gasteiger partial charge in [0.1, 0.15) is 4.88 Å². The first-order valence-corrected chi connectivity index (χ1v) is 6.08. The van der Waals surface area contributed by atoms with E-state index in [1.807, 2.05) is 0 Å². The molecule has 5 nitrogen and oxygen atoms in total. The highest BCUT2D eigenvalue weighted by molar-refractivity contribution is 7.13. The molecule has 0 saturated carbocycles. The molecule has 16 heavy (non-hydrogen) atoms. The standard InChI is InChI=1S/C9H7N3O2S2/c13-12(14)7(8-2-1-4-15-8)6-11-9-10-3-5-16-9/h1-6H,(H,10,11)/b7-6-. The third-order valence-electron chi connectivity index (χ3n) is 1.74. The maximum absolute atomic E-state index is 10.8. The summed E-state index contributed by atoms with van der Waals surface area (Å²) in [7, 11) is 0. The third-order valence-corrected chi connectivity index (χ3v) is 3.33. The van der Waals surface area contributed by atoms with Crippen LogP contribution in [0.4, 0.5) is 5.13 Å². The molecular weight excluding hydrogens is 246 g/mol. The van der Waals surface area contributed by atoms with E-state index in [1.165, 1.54) is 28.9 Å². The van der Waals surface area contributed by atoms with E-state index in [1.54, 1.807) is 29.1 Å². The summed E-state index contributed by atoms with van der Waals surface area (Å²) in [5.74, 6) is 0. The molecule has 2 rings (SSSR count). The molecule has 0 aliphatic rings. The van der Waals surface area contributed by atoms with Crippen LogP contribution in [0.2, 0.25) is 0 Å². The molecule has 2 heterocycles. The predicted octanol–water partition coefficient (Wildman–Crippen LogP) is 2.89. The first-order chi connectivity index (χ1) is 7.77. The van der Waals surface area contributed by atoms with Gasteiger partial charge in [-0.25, -0.2) is 4.98 Å². The van der Waals surface area contributed by atoms with Crippen LogP contribution >= 0.6 is 22.7 Å². The number of thiophene rings is 1. The number of nitrogens with one attached hydrogen (secondary N) is 1. The van der Waals surface area contributed by atoms with Gasteiger partial charge >= 0.3 is 5.70 Å². The molecule has 0 aliphatic carbocycles. The number of thiazole rings is 1. The van der Waals surface area contributed by atoms with Crippen molar-refractivity contribution in [3.8, 4) is 0 Å². The Kier molecular flexibility index (Phi) is 3.28. The third kappa shape index (κ3) is 2.44. The number of rotatable bonds is 4. The van der Waals surface area contributed by atoms with Crippen molar-refractivity contribution in [2.45, 2.75) is 0 Å². The highest BCUT2D eigenvalue weighted by atomic mass is 32.1. The van der Waals surface area contributed by atoms with Gasteiger partial charge in [-0.1, -0.05) is 6.07 Å². The van der Waals surface area contributed by atoms with Gasteiger partial charge in [-0.05, 0) is 11.4 Å². The SMILES string of the molecule is O=[N+]([O-])/C(=C\Nc1nccs1)c1cccs1. The van der Waals surface area contributed by atoms with Crippen LogP contribution < -0.4 is 5.32 Å². The molecular formula is C9H7N3O2S2. The fraction of sp³-hybridized carbons (Fsp3) is 0. The van der Waals surface area contributed by atoms with Crippen LogP contribution in [0.5, 0.6) is 0 Å². The lowest BCUT2D eigenvalue weighted by atomic mass is 10.4. The summed E-state index contributed by atoms with van der Waals surface area (Å²) < 4.78 is 0. The highest BCUT2D eigenvalue weighted by Gasteiger charge is 2.14. The first-order valence-electron chi connectivity index (χ1n) is 4.32. The molecule has 82 valence electrons. The number of nitrogens with zero attached hydrogens (tertiary/aromatic N) is 2. The maximum Gasteiger partial charge on any atom is 0.302 e. The van der Waals surface area contributed by atoms with Gasteiger partial charge in [-0.2, -0.15) is 0 Å². The van der Waals surface area contributed by atoms with E-state index in [0.717, 1.165) is 0 Å². The van der Waals surface area contributed by atoms with Crippen LogP contribution in [-0.4, -0.2) is 9.91 Å². The van der Waals surface area contributed by atoms with Crippen LogP contribution in [0.1, 0.15) is 4.88 Å². The van der Waals surface area contributed by atoms with Crippen molar-refractivity contribution in [1.29, 1.82) is 0 Å². The molecule has 0 radical (unpaired) electrons. The Morgan fingerprint density at radius 1 is 1.50 bits per heavy atom. The molecule has 0 atom stereocenters. The van der Waals surface area contributed by atoms with Gasteiger partial charge in [0.25, 0.3) is 0 Å². The molecule has 7 heteroatoms. The fourth-order valence-electron chi connectivity index (χ4n) is 1.06. The fourth-order valence-corrected chi connectivity index (χ4v) is 2.28. The summed E-state index contributed by atoms with van der Waals surface area (Å²) >= 11 is 2.72. The Hall–Kier alpha value is -1.73. The number of hydrogen-bond donors (Lipinski definition) is 1. The van der Waals surface area contributed by atoms with Gasteiger partial charge < -0.3 is 5.32 Å². The zero-order valence-electron chi connectivity index (χ0n) is 7.99. The summed E-state index contributed by atoms with van der Waals surface area (Å²) in [4.78, 5) is 15.0. The van der Waals surface area contributed by atoms with Crippen molar-refractivity contribution in [3.63, 3.8) is 0 Å². The largest absolute Gasteiger partial charge is 0.332 e. The Bertz CT molecular complexity index is 491. The van der Waals surface area contributed by atoms with Crippen LogP contribution in [0.15, 0.2) is 35.3 Å². The summed E-state index contributed by atoms with van der Waals surface area (Å²) in [5.41, 5.74) is 0.0465. The lowest BCUT2D eigenvalue weighted by molar-refractivity contribution is -0.375. The van der Waals surface area contributed by atoms with Gasteiger partial charge in [0.15, 0.2) is 5.13 Å². The van der Waals surface area contributed by atoms with Crippen molar-refractivity contribution in [1.82, 2.24) is 4.98 Å². The minimum absolute atomic E-state index is 0.0465. The Morgan fingerprint density at radius 3 is 2.94 bits per heavy atom. The molecule has 0 aliphatic heterocycles. The minimum Gasteiger partial charge on any atom is -0.332 e. The van der Waals surface area contributed by atoms with E-state index >= 15 is 0 Å². The zero-order chi connectivity index (χ0) is 11.4. The minimum atomic E-state index is -0.410. The van der Waals surface area contributed by atoms with Gasteiger partial charge in [0.2, 0.25) is 0 Å². The molecule has 0 spiro atoms. The highest BCUT2D eigenvalue weighted by Crippen LogP contribution is 2.21. The quantitative estimate of drug-likeness (QED) is 0.672. The van der Waals surface area contributed by atoms with Crippen molar-refractivity contribution >= 4 is 33.5 Å². The molecule has 0 saturated heterocycles. The summed E-state index contributed by atoms with van der Waals surface area (Å²) in [6.45, 7) is 0. The normalized spacial score (nSPS) is 11.4. The van der Waals surface area contributed by atoms with E-state index < -0.39 is 4.92 Å². The summed E-state index contributed by atoms with van der Waals surface area (Å²) in [5, 5.41) is 17.9. The van der Waals surface area contributed by atoms with E-state index in [9.17, 15) is 10.1 Å². The van der Waals surface area contributed by atoms with E-state index in [-0.39, 0.29) is 5.70 Å². The molecule has 0 amide bonds. The molecule has 1 N–H and O–H groups in total.